The summed E-state index contributed by atoms with van der Waals surface area (Å²) in [5.74, 6) is -1.43. The zero-order chi connectivity index (χ0) is 19.4. The van der Waals surface area contributed by atoms with E-state index in [1.54, 1.807) is 29.5 Å². The highest BCUT2D eigenvalue weighted by Crippen LogP contribution is 2.24. The Morgan fingerprint density at radius 1 is 0.889 bits per heavy atom. The molecule has 8 nitrogen and oxygen atoms in total. The lowest BCUT2D eigenvalue weighted by atomic mass is 10.2. The average Bonchev–Trinajstić information content (AvgIpc) is 3.06. The summed E-state index contributed by atoms with van der Waals surface area (Å²) in [6, 6.07) is 8.92. The number of hydrogen-bond donors (Lipinski definition) is 3. The van der Waals surface area contributed by atoms with E-state index in [1.165, 1.54) is 0 Å². The molecule has 0 saturated heterocycles. The second-order valence-electron chi connectivity index (χ2n) is 5.88. The molecule has 3 N–H and O–H groups in total. The van der Waals surface area contributed by atoms with Gasteiger partial charge in [-0.2, -0.15) is 0 Å². The first-order valence-electron chi connectivity index (χ1n) is 8.13. The van der Waals surface area contributed by atoms with Gasteiger partial charge in [-0.1, -0.05) is 0 Å². The van der Waals surface area contributed by atoms with Gasteiger partial charge in [-0.15, -0.1) is 11.3 Å². The number of hydrazine groups is 1. The fourth-order valence-electron chi connectivity index (χ4n) is 2.32. The van der Waals surface area contributed by atoms with Crippen LogP contribution in [-0.4, -0.2) is 26.8 Å². The van der Waals surface area contributed by atoms with Gasteiger partial charge in [-0.05, 0) is 51.1 Å². The molecule has 3 aromatic rings. The van der Waals surface area contributed by atoms with Crippen molar-refractivity contribution in [1.29, 1.82) is 0 Å². The Morgan fingerprint density at radius 3 is 2.15 bits per heavy atom. The molecule has 1 aromatic carbocycles. The molecule has 0 saturated carbocycles. The maximum Gasteiger partial charge on any atom is 0.328 e. The van der Waals surface area contributed by atoms with E-state index in [1.807, 2.05) is 38.3 Å². The van der Waals surface area contributed by atoms with Crippen molar-refractivity contribution in [2.75, 3.05) is 10.7 Å². The standard InChI is InChI=1S/C18H18N6O2S/c1-10-8-11(2)21-18(20-10)24-23-16(26)15(25)22-14-6-4-13(5-7-14)17-19-12(3)9-27-17/h4-9H,1-3H3,(H,22,25)(H,23,26)(H,20,21,24). The predicted octanol–water partition coefficient (Wildman–Crippen LogP) is 2.61. The first-order chi connectivity index (χ1) is 12.9. The van der Waals surface area contributed by atoms with Crippen molar-refractivity contribution in [2.24, 2.45) is 0 Å². The lowest BCUT2D eigenvalue weighted by molar-refractivity contribution is -0.135. The Kier molecular flexibility index (Phi) is 5.41. The van der Waals surface area contributed by atoms with Crippen molar-refractivity contribution >= 4 is 34.8 Å². The summed E-state index contributed by atoms with van der Waals surface area (Å²) >= 11 is 1.55. The van der Waals surface area contributed by atoms with Gasteiger partial charge in [0.2, 0.25) is 5.95 Å². The molecule has 0 unspecified atom stereocenters. The fourth-order valence-corrected chi connectivity index (χ4v) is 3.13. The molecule has 0 aliphatic rings. The highest BCUT2D eigenvalue weighted by molar-refractivity contribution is 7.13. The first kappa shape index (κ1) is 18.5. The number of aryl methyl sites for hydroxylation is 3. The summed E-state index contributed by atoms with van der Waals surface area (Å²) < 4.78 is 0. The van der Waals surface area contributed by atoms with Gasteiger partial charge in [0.05, 0.1) is 0 Å². The van der Waals surface area contributed by atoms with E-state index < -0.39 is 11.8 Å². The summed E-state index contributed by atoms with van der Waals surface area (Å²) in [6.07, 6.45) is 0. The molecule has 0 spiro atoms. The third kappa shape index (κ3) is 4.85. The molecule has 2 heterocycles. The SMILES string of the molecule is Cc1cc(C)nc(NNC(=O)C(=O)Nc2ccc(-c3nc(C)cs3)cc2)n1. The van der Waals surface area contributed by atoms with Crippen LogP contribution < -0.4 is 16.2 Å². The van der Waals surface area contributed by atoms with E-state index >= 15 is 0 Å². The number of amides is 2. The Bertz CT molecular complexity index is 964. The largest absolute Gasteiger partial charge is 0.328 e. The number of nitrogens with one attached hydrogen (secondary N) is 3. The van der Waals surface area contributed by atoms with Crippen LogP contribution >= 0.6 is 11.3 Å². The topological polar surface area (TPSA) is 109 Å². The molecular weight excluding hydrogens is 364 g/mol. The molecule has 27 heavy (non-hydrogen) atoms. The number of thiazole rings is 1. The quantitative estimate of drug-likeness (QED) is 0.473. The highest BCUT2D eigenvalue weighted by Gasteiger charge is 2.14. The van der Waals surface area contributed by atoms with Crippen LogP contribution in [0.1, 0.15) is 17.1 Å². The number of anilines is 2. The van der Waals surface area contributed by atoms with E-state index in [0.717, 1.165) is 27.7 Å². The number of rotatable bonds is 4. The second kappa shape index (κ2) is 7.92. The van der Waals surface area contributed by atoms with E-state index in [0.29, 0.717) is 5.69 Å². The Balaban J connectivity index is 1.57. The van der Waals surface area contributed by atoms with Gasteiger partial charge in [0.1, 0.15) is 5.01 Å². The number of carbonyl (C=O) groups is 2. The van der Waals surface area contributed by atoms with Gasteiger partial charge < -0.3 is 5.32 Å². The number of aromatic nitrogens is 3. The van der Waals surface area contributed by atoms with Crippen molar-refractivity contribution in [2.45, 2.75) is 20.8 Å². The number of benzene rings is 1. The predicted molar refractivity (Wildman–Crippen MR) is 104 cm³/mol. The lowest BCUT2D eigenvalue weighted by Gasteiger charge is -2.09. The monoisotopic (exact) mass is 382 g/mol. The van der Waals surface area contributed by atoms with Crippen LogP contribution in [0.4, 0.5) is 11.6 Å². The zero-order valence-corrected chi connectivity index (χ0v) is 15.8. The average molecular weight is 382 g/mol. The summed E-state index contributed by atoms with van der Waals surface area (Å²) in [7, 11) is 0. The third-order valence-corrected chi connectivity index (χ3v) is 4.49. The molecule has 0 aliphatic heterocycles. The smallest absolute Gasteiger partial charge is 0.318 e. The molecule has 2 aromatic heterocycles. The minimum atomic E-state index is -0.850. The maximum atomic E-state index is 12.0. The minimum absolute atomic E-state index is 0.219. The van der Waals surface area contributed by atoms with Crippen LogP contribution in [0.2, 0.25) is 0 Å². The van der Waals surface area contributed by atoms with Crippen LogP contribution in [-0.2, 0) is 9.59 Å². The summed E-state index contributed by atoms with van der Waals surface area (Å²) in [5.41, 5.74) is 8.73. The molecule has 0 radical (unpaired) electrons. The van der Waals surface area contributed by atoms with Crippen molar-refractivity contribution in [3.05, 3.63) is 52.8 Å². The molecule has 0 bridgehead atoms. The van der Waals surface area contributed by atoms with E-state index in [9.17, 15) is 9.59 Å². The van der Waals surface area contributed by atoms with Gasteiger partial charge in [0.15, 0.2) is 0 Å². The minimum Gasteiger partial charge on any atom is -0.318 e. The maximum absolute atomic E-state index is 12.0. The van der Waals surface area contributed by atoms with Gasteiger partial charge >= 0.3 is 11.8 Å². The molecule has 138 valence electrons. The van der Waals surface area contributed by atoms with E-state index in [2.05, 4.69) is 31.1 Å². The first-order valence-corrected chi connectivity index (χ1v) is 9.01. The van der Waals surface area contributed by atoms with Crippen LogP contribution in [0.3, 0.4) is 0 Å². The highest BCUT2D eigenvalue weighted by atomic mass is 32.1. The summed E-state index contributed by atoms with van der Waals surface area (Å²) in [4.78, 5) is 36.6. The second-order valence-corrected chi connectivity index (χ2v) is 6.74. The van der Waals surface area contributed by atoms with Crippen molar-refractivity contribution in [3.8, 4) is 10.6 Å². The Labute approximate surface area is 160 Å². The van der Waals surface area contributed by atoms with E-state index in [4.69, 9.17) is 0 Å². The van der Waals surface area contributed by atoms with Crippen molar-refractivity contribution < 1.29 is 9.59 Å². The zero-order valence-electron chi connectivity index (χ0n) is 15.0. The van der Waals surface area contributed by atoms with Crippen LogP contribution in [0.5, 0.6) is 0 Å². The Hall–Kier alpha value is -3.33. The molecule has 0 atom stereocenters. The number of carbonyl (C=O) groups excluding carboxylic acids is 2. The van der Waals surface area contributed by atoms with Crippen LogP contribution in [0.15, 0.2) is 35.7 Å². The molecule has 2 amide bonds. The Morgan fingerprint density at radius 2 is 1.56 bits per heavy atom. The fraction of sp³-hybridized carbons (Fsp3) is 0.167. The van der Waals surface area contributed by atoms with E-state index in [-0.39, 0.29) is 5.95 Å². The third-order valence-electron chi connectivity index (χ3n) is 3.49. The van der Waals surface area contributed by atoms with Gasteiger partial charge in [0, 0.05) is 33.7 Å². The van der Waals surface area contributed by atoms with Crippen LogP contribution in [0.25, 0.3) is 10.6 Å². The summed E-state index contributed by atoms with van der Waals surface area (Å²) in [5, 5.41) is 5.41. The summed E-state index contributed by atoms with van der Waals surface area (Å²) in [6.45, 7) is 5.56. The lowest BCUT2D eigenvalue weighted by Crippen LogP contribution is -2.39. The van der Waals surface area contributed by atoms with Crippen molar-refractivity contribution in [1.82, 2.24) is 20.4 Å². The van der Waals surface area contributed by atoms with Gasteiger partial charge in [0.25, 0.3) is 0 Å². The molecule has 0 aliphatic carbocycles. The van der Waals surface area contributed by atoms with Crippen molar-refractivity contribution in [3.63, 3.8) is 0 Å². The van der Waals surface area contributed by atoms with Crippen LogP contribution in [0, 0.1) is 20.8 Å². The van der Waals surface area contributed by atoms with Gasteiger partial charge in [-0.3, -0.25) is 20.4 Å². The normalized spacial score (nSPS) is 10.3. The molecule has 9 heteroatoms. The molecule has 0 fully saturated rings. The van der Waals surface area contributed by atoms with Gasteiger partial charge in [-0.25, -0.2) is 15.0 Å². The molecular formula is C18H18N6O2S. The number of nitrogens with zero attached hydrogens (tertiary/aromatic N) is 3. The number of hydrogen-bond acceptors (Lipinski definition) is 7. The molecule has 3 rings (SSSR count).